The highest BCUT2D eigenvalue weighted by Gasteiger charge is 2.46. The molecule has 2 rings (SSSR count). The molecule has 0 saturated carbocycles. The zero-order chi connectivity index (χ0) is 10.3. The van der Waals surface area contributed by atoms with Gasteiger partial charge in [-0.2, -0.15) is 8.78 Å². The van der Waals surface area contributed by atoms with Crippen LogP contribution in [0.3, 0.4) is 0 Å². The van der Waals surface area contributed by atoms with Crippen LogP contribution in [0.1, 0.15) is 5.56 Å². The minimum atomic E-state index is -3.82. The summed E-state index contributed by atoms with van der Waals surface area (Å²) in [5.74, 6) is -1.59. The van der Waals surface area contributed by atoms with Gasteiger partial charge < -0.3 is 4.74 Å². The Morgan fingerprint density at radius 2 is 2.29 bits per heavy atom. The number of anilines is 1. The summed E-state index contributed by atoms with van der Waals surface area (Å²) in [5.41, 5.74) is 0.677. The van der Waals surface area contributed by atoms with Gasteiger partial charge >= 0.3 is 12.0 Å². The van der Waals surface area contributed by atoms with E-state index in [0.717, 1.165) is 0 Å². The van der Waals surface area contributed by atoms with Gasteiger partial charge in [-0.25, -0.2) is 4.98 Å². The molecule has 1 amide bonds. The maximum absolute atomic E-state index is 12.7. The normalized spacial score (nSPS) is 18.1. The van der Waals surface area contributed by atoms with Crippen LogP contribution >= 0.6 is 0 Å². The van der Waals surface area contributed by atoms with Crippen LogP contribution in [0, 0.1) is 6.92 Å². The fourth-order valence-electron chi connectivity index (χ4n) is 1.08. The van der Waals surface area contributed by atoms with Crippen molar-refractivity contribution in [3.63, 3.8) is 0 Å². The first-order chi connectivity index (χ1) is 6.49. The van der Waals surface area contributed by atoms with E-state index >= 15 is 0 Å². The maximum atomic E-state index is 12.7. The summed E-state index contributed by atoms with van der Waals surface area (Å²) in [6, 6.07) is 1.38. The number of nitrogens with zero attached hydrogens (tertiary/aromatic N) is 1. The number of nitrogens with one attached hydrogen (secondary N) is 1. The Morgan fingerprint density at radius 1 is 1.57 bits per heavy atom. The Hall–Kier alpha value is -1.72. The van der Waals surface area contributed by atoms with Crippen molar-refractivity contribution in [1.82, 2.24) is 4.98 Å². The standard InChI is InChI=1S/C8H6F2N2O2/c1-4-2-5-6(11-3-4)12-7(13)8(9,10)14-5/h2-3H,1H3,(H,11,12,13). The van der Waals surface area contributed by atoms with Crippen molar-refractivity contribution in [3.8, 4) is 5.75 Å². The van der Waals surface area contributed by atoms with Crippen LogP contribution in [0.15, 0.2) is 12.3 Å². The summed E-state index contributed by atoms with van der Waals surface area (Å²) >= 11 is 0. The predicted octanol–water partition coefficient (Wildman–Crippen LogP) is 1.31. The SMILES string of the molecule is Cc1cnc2c(c1)OC(F)(F)C(=O)N2. The highest BCUT2D eigenvalue weighted by atomic mass is 19.3. The lowest BCUT2D eigenvalue weighted by Gasteiger charge is -2.23. The van der Waals surface area contributed by atoms with Crippen LogP contribution in [-0.4, -0.2) is 17.0 Å². The van der Waals surface area contributed by atoms with Crippen molar-refractivity contribution >= 4 is 11.7 Å². The molecule has 14 heavy (non-hydrogen) atoms. The lowest BCUT2D eigenvalue weighted by molar-refractivity contribution is -0.189. The van der Waals surface area contributed by atoms with Gasteiger partial charge in [0.05, 0.1) is 0 Å². The minimum Gasteiger partial charge on any atom is -0.421 e. The quantitative estimate of drug-likeness (QED) is 0.687. The van der Waals surface area contributed by atoms with Crippen molar-refractivity contribution in [1.29, 1.82) is 0 Å². The summed E-state index contributed by atoms with van der Waals surface area (Å²) in [4.78, 5) is 14.5. The number of carbonyl (C=O) groups excluding carboxylic acids is 1. The van der Waals surface area contributed by atoms with Crippen LogP contribution in [0.5, 0.6) is 5.75 Å². The predicted molar refractivity (Wildman–Crippen MR) is 43.2 cm³/mol. The Morgan fingerprint density at radius 3 is 3.00 bits per heavy atom. The van der Waals surface area contributed by atoms with E-state index in [1.54, 1.807) is 6.92 Å². The van der Waals surface area contributed by atoms with Crippen molar-refractivity contribution in [2.24, 2.45) is 0 Å². The molecule has 1 aromatic heterocycles. The second-order valence-electron chi connectivity index (χ2n) is 2.93. The molecule has 2 heterocycles. The number of aryl methyl sites for hydroxylation is 1. The fraction of sp³-hybridized carbons (Fsp3) is 0.250. The molecule has 4 nitrogen and oxygen atoms in total. The van der Waals surface area contributed by atoms with Crippen molar-refractivity contribution < 1.29 is 18.3 Å². The first-order valence-corrected chi connectivity index (χ1v) is 3.84. The van der Waals surface area contributed by atoms with Gasteiger partial charge in [-0.1, -0.05) is 0 Å². The van der Waals surface area contributed by atoms with Crippen LogP contribution in [0.2, 0.25) is 0 Å². The zero-order valence-corrected chi connectivity index (χ0v) is 7.17. The second-order valence-corrected chi connectivity index (χ2v) is 2.93. The Bertz CT molecular complexity index is 406. The van der Waals surface area contributed by atoms with Crippen LogP contribution < -0.4 is 10.1 Å². The smallest absolute Gasteiger partial charge is 0.421 e. The Labute approximate surface area is 77.9 Å². The highest BCUT2D eigenvalue weighted by Crippen LogP contribution is 2.33. The number of fused-ring (bicyclic) bond motifs is 1. The monoisotopic (exact) mass is 200 g/mol. The summed E-state index contributed by atoms with van der Waals surface area (Å²) in [7, 11) is 0. The number of alkyl halides is 2. The average molecular weight is 200 g/mol. The molecule has 74 valence electrons. The number of pyridine rings is 1. The summed E-state index contributed by atoms with van der Waals surface area (Å²) in [6.07, 6.45) is -2.37. The molecular formula is C8H6F2N2O2. The van der Waals surface area contributed by atoms with Crippen LogP contribution in [-0.2, 0) is 4.79 Å². The van der Waals surface area contributed by atoms with Crippen molar-refractivity contribution in [3.05, 3.63) is 17.8 Å². The van der Waals surface area contributed by atoms with Gasteiger partial charge in [-0.15, -0.1) is 0 Å². The summed E-state index contributed by atoms with van der Waals surface area (Å²) in [6.45, 7) is 1.69. The molecule has 1 aliphatic heterocycles. The topological polar surface area (TPSA) is 51.2 Å². The molecule has 0 fully saturated rings. The molecule has 0 saturated heterocycles. The third kappa shape index (κ3) is 1.28. The van der Waals surface area contributed by atoms with E-state index in [2.05, 4.69) is 9.72 Å². The summed E-state index contributed by atoms with van der Waals surface area (Å²) in [5, 5.41) is 1.95. The van der Waals surface area contributed by atoms with E-state index in [4.69, 9.17) is 0 Å². The zero-order valence-electron chi connectivity index (χ0n) is 7.17. The summed E-state index contributed by atoms with van der Waals surface area (Å²) < 4.78 is 29.7. The average Bonchev–Trinajstić information content (AvgIpc) is 2.07. The van der Waals surface area contributed by atoms with Gasteiger partial charge in [0.25, 0.3) is 0 Å². The number of amides is 1. The van der Waals surface area contributed by atoms with E-state index in [-0.39, 0.29) is 11.6 Å². The third-order valence-corrected chi connectivity index (χ3v) is 1.72. The van der Waals surface area contributed by atoms with Crippen molar-refractivity contribution in [2.75, 3.05) is 5.32 Å². The highest BCUT2D eigenvalue weighted by molar-refractivity contribution is 5.97. The molecule has 0 radical (unpaired) electrons. The number of hydrogen-bond donors (Lipinski definition) is 1. The largest absolute Gasteiger partial charge is 0.482 e. The minimum absolute atomic E-state index is 0.0199. The lowest BCUT2D eigenvalue weighted by atomic mass is 10.3. The molecule has 0 unspecified atom stereocenters. The third-order valence-electron chi connectivity index (χ3n) is 1.72. The van der Waals surface area contributed by atoms with E-state index in [1.807, 2.05) is 5.32 Å². The number of rotatable bonds is 0. The Kier molecular flexibility index (Phi) is 1.67. The maximum Gasteiger partial charge on any atom is 0.482 e. The molecule has 1 N–H and O–H groups in total. The van der Waals surface area contributed by atoms with E-state index in [9.17, 15) is 13.6 Å². The number of hydrogen-bond acceptors (Lipinski definition) is 3. The molecule has 1 aromatic rings. The first kappa shape index (κ1) is 8.86. The molecule has 6 heteroatoms. The van der Waals surface area contributed by atoms with Gasteiger partial charge in [0.15, 0.2) is 11.6 Å². The van der Waals surface area contributed by atoms with Crippen LogP contribution in [0.25, 0.3) is 0 Å². The molecule has 0 atom stereocenters. The fourth-order valence-corrected chi connectivity index (χ4v) is 1.08. The first-order valence-electron chi connectivity index (χ1n) is 3.84. The molecule has 0 aliphatic carbocycles. The van der Waals surface area contributed by atoms with Gasteiger partial charge in [0.1, 0.15) is 0 Å². The number of halogens is 2. The molecular weight excluding hydrogens is 194 g/mol. The number of carbonyl (C=O) groups is 1. The number of ether oxygens (including phenoxy) is 1. The van der Waals surface area contributed by atoms with E-state index in [1.165, 1.54) is 12.3 Å². The molecule has 1 aliphatic rings. The van der Waals surface area contributed by atoms with Gasteiger partial charge in [0.2, 0.25) is 0 Å². The lowest BCUT2D eigenvalue weighted by Crippen LogP contribution is -2.43. The van der Waals surface area contributed by atoms with Crippen LogP contribution in [0.4, 0.5) is 14.6 Å². The molecule has 0 spiro atoms. The van der Waals surface area contributed by atoms with Gasteiger partial charge in [0, 0.05) is 6.20 Å². The van der Waals surface area contributed by atoms with Gasteiger partial charge in [-0.05, 0) is 18.6 Å². The Balaban J connectivity index is 2.46. The number of aromatic nitrogens is 1. The second kappa shape index (κ2) is 2.63. The van der Waals surface area contributed by atoms with E-state index in [0.29, 0.717) is 5.56 Å². The van der Waals surface area contributed by atoms with E-state index < -0.39 is 12.0 Å². The van der Waals surface area contributed by atoms with Crippen molar-refractivity contribution in [2.45, 2.75) is 13.0 Å². The molecule has 0 bridgehead atoms. The molecule has 0 aromatic carbocycles. The van der Waals surface area contributed by atoms with Gasteiger partial charge in [-0.3, -0.25) is 10.1 Å².